The molecule has 1 aromatic carbocycles. The Morgan fingerprint density at radius 3 is 2.00 bits per heavy atom. The molecule has 0 spiro atoms. The van der Waals surface area contributed by atoms with E-state index in [4.69, 9.17) is 11.5 Å². The van der Waals surface area contributed by atoms with Crippen LogP contribution in [-0.4, -0.2) is 12.1 Å². The zero-order valence-corrected chi connectivity index (χ0v) is 8.99. The number of amides is 1. The molecule has 0 aliphatic carbocycles. The first kappa shape index (κ1) is 14.9. The fourth-order valence-corrected chi connectivity index (χ4v) is 1.24. The minimum absolute atomic E-state index is 0.377. The molecule has 0 aliphatic heterocycles. The predicted molar refractivity (Wildman–Crippen MR) is 55.0 cm³/mol. The van der Waals surface area contributed by atoms with Crippen molar-refractivity contribution in [1.82, 2.24) is 0 Å². The standard InChI is InChI=1S/C9H7F6N3O/c10-8(11,12)4-1-3(16)2-5(17)6(4)18-7(19)9(13,14)15/h1-2H,16-17H2,(H,18,19). The Bertz CT molecular complexity index is 508. The van der Waals surface area contributed by atoms with Crippen LogP contribution in [0, 0.1) is 0 Å². The maximum absolute atomic E-state index is 12.6. The number of anilines is 3. The van der Waals surface area contributed by atoms with Crippen LogP contribution in [0.5, 0.6) is 0 Å². The number of carbonyl (C=O) groups excluding carboxylic acids is 1. The van der Waals surface area contributed by atoms with E-state index >= 15 is 0 Å². The highest BCUT2D eigenvalue weighted by Crippen LogP contribution is 2.40. The monoisotopic (exact) mass is 287 g/mol. The average Bonchev–Trinajstić information content (AvgIpc) is 2.18. The number of nitrogens with two attached hydrogens (primary N) is 2. The minimum Gasteiger partial charge on any atom is -0.399 e. The summed E-state index contributed by atoms with van der Waals surface area (Å²) in [7, 11) is 0. The van der Waals surface area contributed by atoms with E-state index in [0.29, 0.717) is 6.07 Å². The van der Waals surface area contributed by atoms with Gasteiger partial charge in [0.1, 0.15) is 0 Å². The molecule has 1 aromatic rings. The van der Waals surface area contributed by atoms with Crippen LogP contribution in [0.1, 0.15) is 5.56 Å². The number of rotatable bonds is 1. The molecule has 10 heteroatoms. The van der Waals surface area contributed by atoms with Crippen LogP contribution < -0.4 is 16.8 Å². The van der Waals surface area contributed by atoms with E-state index in [9.17, 15) is 31.1 Å². The average molecular weight is 287 g/mol. The van der Waals surface area contributed by atoms with Crippen LogP contribution in [0.15, 0.2) is 12.1 Å². The molecule has 1 amide bonds. The maximum atomic E-state index is 12.6. The smallest absolute Gasteiger partial charge is 0.399 e. The SMILES string of the molecule is Nc1cc(N)c(NC(=O)C(F)(F)F)c(C(F)(F)F)c1. The molecule has 5 N–H and O–H groups in total. The van der Waals surface area contributed by atoms with Gasteiger partial charge in [-0.3, -0.25) is 4.79 Å². The van der Waals surface area contributed by atoms with Crippen LogP contribution in [-0.2, 0) is 11.0 Å². The number of hydrogen-bond acceptors (Lipinski definition) is 3. The number of carbonyl (C=O) groups is 1. The highest BCUT2D eigenvalue weighted by Gasteiger charge is 2.41. The third-order valence-corrected chi connectivity index (χ3v) is 1.99. The summed E-state index contributed by atoms with van der Waals surface area (Å²) in [4.78, 5) is 10.7. The first-order valence-corrected chi connectivity index (χ1v) is 4.57. The molecule has 1 rings (SSSR count). The van der Waals surface area contributed by atoms with Gasteiger partial charge in [0.2, 0.25) is 0 Å². The highest BCUT2D eigenvalue weighted by molar-refractivity contribution is 5.98. The van der Waals surface area contributed by atoms with E-state index in [-0.39, 0.29) is 0 Å². The van der Waals surface area contributed by atoms with E-state index in [1.165, 1.54) is 0 Å². The summed E-state index contributed by atoms with van der Waals surface area (Å²) in [5, 5.41) is 1.09. The Morgan fingerprint density at radius 1 is 1.05 bits per heavy atom. The molecule has 19 heavy (non-hydrogen) atoms. The van der Waals surface area contributed by atoms with Crippen LogP contribution in [0.2, 0.25) is 0 Å². The largest absolute Gasteiger partial charge is 0.471 e. The van der Waals surface area contributed by atoms with Crippen molar-refractivity contribution in [3.8, 4) is 0 Å². The van der Waals surface area contributed by atoms with E-state index in [2.05, 4.69) is 0 Å². The molecule has 0 unspecified atom stereocenters. The molecule has 106 valence electrons. The molecule has 0 bridgehead atoms. The highest BCUT2D eigenvalue weighted by atomic mass is 19.4. The summed E-state index contributed by atoms with van der Waals surface area (Å²) in [5.41, 5.74) is 6.43. The second-order valence-electron chi connectivity index (χ2n) is 3.48. The number of nitrogens with one attached hydrogen (secondary N) is 1. The molecule has 0 fully saturated rings. The Balaban J connectivity index is 3.31. The van der Waals surface area contributed by atoms with Crippen molar-refractivity contribution in [2.45, 2.75) is 12.4 Å². The fourth-order valence-electron chi connectivity index (χ4n) is 1.24. The number of alkyl halides is 6. The molecule has 0 radical (unpaired) electrons. The quantitative estimate of drug-likeness (QED) is 0.548. The molecular weight excluding hydrogens is 280 g/mol. The van der Waals surface area contributed by atoms with Gasteiger partial charge in [0, 0.05) is 5.69 Å². The summed E-state index contributed by atoms with van der Waals surface area (Å²) >= 11 is 0. The van der Waals surface area contributed by atoms with Crippen molar-refractivity contribution in [3.05, 3.63) is 17.7 Å². The Morgan fingerprint density at radius 2 is 1.58 bits per heavy atom. The zero-order chi connectivity index (χ0) is 15.0. The van der Waals surface area contributed by atoms with Gasteiger partial charge in [-0.15, -0.1) is 0 Å². The van der Waals surface area contributed by atoms with Crippen LogP contribution in [0.4, 0.5) is 43.4 Å². The van der Waals surface area contributed by atoms with Gasteiger partial charge in [0.25, 0.3) is 0 Å². The van der Waals surface area contributed by atoms with Gasteiger partial charge in [-0.2, -0.15) is 26.3 Å². The molecule has 0 aliphatic rings. The zero-order valence-electron chi connectivity index (χ0n) is 8.99. The molecule has 0 atom stereocenters. The lowest BCUT2D eigenvalue weighted by Crippen LogP contribution is -2.31. The second-order valence-corrected chi connectivity index (χ2v) is 3.48. The lowest BCUT2D eigenvalue weighted by molar-refractivity contribution is -0.167. The summed E-state index contributed by atoms with van der Waals surface area (Å²) in [6.07, 6.45) is -10.4. The molecule has 0 saturated carbocycles. The van der Waals surface area contributed by atoms with Crippen molar-refractivity contribution >= 4 is 23.0 Å². The molecule has 4 nitrogen and oxygen atoms in total. The number of nitrogen functional groups attached to an aromatic ring is 2. The van der Waals surface area contributed by atoms with E-state index in [1.54, 1.807) is 0 Å². The maximum Gasteiger partial charge on any atom is 0.471 e. The normalized spacial score (nSPS) is 12.3. The Hall–Kier alpha value is -2.13. The third-order valence-electron chi connectivity index (χ3n) is 1.99. The Kier molecular flexibility index (Phi) is 3.55. The number of benzene rings is 1. The number of hydrogen-bond donors (Lipinski definition) is 3. The minimum atomic E-state index is -5.34. The summed E-state index contributed by atoms with van der Waals surface area (Å²) in [6, 6.07) is 1.18. The predicted octanol–water partition coefficient (Wildman–Crippen LogP) is 2.37. The summed E-state index contributed by atoms with van der Waals surface area (Å²) in [6.45, 7) is 0. The van der Waals surface area contributed by atoms with Crippen molar-refractivity contribution in [2.24, 2.45) is 0 Å². The van der Waals surface area contributed by atoms with Crippen molar-refractivity contribution < 1.29 is 31.1 Å². The molecule has 0 heterocycles. The lowest BCUT2D eigenvalue weighted by Gasteiger charge is -2.17. The van der Waals surface area contributed by atoms with Crippen LogP contribution in [0.3, 0.4) is 0 Å². The first-order chi connectivity index (χ1) is 8.43. The van der Waals surface area contributed by atoms with Crippen LogP contribution >= 0.6 is 0 Å². The van der Waals surface area contributed by atoms with Gasteiger partial charge in [0.15, 0.2) is 0 Å². The van der Waals surface area contributed by atoms with Gasteiger partial charge < -0.3 is 16.8 Å². The molecular formula is C9H7F6N3O. The van der Waals surface area contributed by atoms with Gasteiger partial charge in [-0.05, 0) is 12.1 Å². The van der Waals surface area contributed by atoms with Crippen LogP contribution in [0.25, 0.3) is 0 Å². The van der Waals surface area contributed by atoms with Gasteiger partial charge in [-0.25, -0.2) is 0 Å². The summed E-state index contributed by atoms with van der Waals surface area (Å²) in [5.74, 6) is -2.56. The summed E-state index contributed by atoms with van der Waals surface area (Å²) < 4.78 is 73.9. The fraction of sp³-hybridized carbons (Fsp3) is 0.222. The van der Waals surface area contributed by atoms with Gasteiger partial charge in [0.05, 0.1) is 16.9 Å². The molecule has 0 aromatic heterocycles. The second kappa shape index (κ2) is 4.52. The van der Waals surface area contributed by atoms with Gasteiger partial charge >= 0.3 is 18.3 Å². The van der Waals surface area contributed by atoms with E-state index in [0.717, 1.165) is 11.4 Å². The molecule has 0 saturated heterocycles. The van der Waals surface area contributed by atoms with Crippen molar-refractivity contribution in [2.75, 3.05) is 16.8 Å². The first-order valence-electron chi connectivity index (χ1n) is 4.57. The van der Waals surface area contributed by atoms with Crippen molar-refractivity contribution in [3.63, 3.8) is 0 Å². The topological polar surface area (TPSA) is 81.1 Å². The Labute approximate surface area is 102 Å². The van der Waals surface area contributed by atoms with E-state index < -0.39 is 40.9 Å². The van der Waals surface area contributed by atoms with Crippen molar-refractivity contribution in [1.29, 1.82) is 0 Å². The van der Waals surface area contributed by atoms with Gasteiger partial charge in [-0.1, -0.05) is 0 Å². The van der Waals surface area contributed by atoms with E-state index in [1.807, 2.05) is 0 Å². The third kappa shape index (κ3) is 3.42. The lowest BCUT2D eigenvalue weighted by atomic mass is 10.1. The number of halogens is 6.